The lowest BCUT2D eigenvalue weighted by Gasteiger charge is -2.36. The summed E-state index contributed by atoms with van der Waals surface area (Å²) >= 11 is 0. The van der Waals surface area contributed by atoms with Gasteiger partial charge in [-0.05, 0) is 31.7 Å². The summed E-state index contributed by atoms with van der Waals surface area (Å²) in [5.41, 5.74) is 1.16. The van der Waals surface area contributed by atoms with Crippen molar-refractivity contribution in [1.82, 2.24) is 4.90 Å². The number of carbonyl (C=O) groups excluding carboxylic acids is 1. The second-order valence-electron chi connectivity index (χ2n) is 5.48. The largest absolute Gasteiger partial charge is 0.481 e. The van der Waals surface area contributed by atoms with Crippen LogP contribution in [0.2, 0.25) is 0 Å². The second kappa shape index (κ2) is 6.55. The Morgan fingerprint density at radius 3 is 2.60 bits per heavy atom. The minimum absolute atomic E-state index is 0.0214. The van der Waals surface area contributed by atoms with E-state index in [0.717, 1.165) is 12.0 Å². The molecule has 0 bridgehead atoms. The molecule has 1 aliphatic heterocycles. The number of benzene rings is 1. The summed E-state index contributed by atoms with van der Waals surface area (Å²) in [6.07, 6.45) is 2.36. The molecule has 1 saturated heterocycles. The van der Waals surface area contributed by atoms with Crippen LogP contribution in [0.3, 0.4) is 0 Å². The van der Waals surface area contributed by atoms with Crippen LogP contribution in [0.25, 0.3) is 0 Å². The number of carboxylic acid groups (broad SMARTS) is 1. The Balaban J connectivity index is 1.85. The van der Waals surface area contributed by atoms with Crippen molar-refractivity contribution in [3.05, 3.63) is 35.9 Å². The first-order chi connectivity index (χ1) is 9.58. The minimum Gasteiger partial charge on any atom is -0.481 e. The molecular formula is C16H21NO3. The summed E-state index contributed by atoms with van der Waals surface area (Å²) in [7, 11) is 0. The van der Waals surface area contributed by atoms with Gasteiger partial charge < -0.3 is 10.0 Å². The monoisotopic (exact) mass is 275 g/mol. The molecule has 1 aromatic carbocycles. The van der Waals surface area contributed by atoms with Gasteiger partial charge in [0.25, 0.3) is 0 Å². The third-order valence-corrected chi connectivity index (χ3v) is 4.02. The van der Waals surface area contributed by atoms with Crippen molar-refractivity contribution >= 4 is 11.9 Å². The van der Waals surface area contributed by atoms with E-state index in [2.05, 4.69) is 0 Å². The van der Waals surface area contributed by atoms with Gasteiger partial charge in [-0.3, -0.25) is 9.59 Å². The highest BCUT2D eigenvalue weighted by Gasteiger charge is 2.31. The molecule has 2 atom stereocenters. The highest BCUT2D eigenvalue weighted by Crippen LogP contribution is 2.23. The fourth-order valence-electron chi connectivity index (χ4n) is 2.81. The lowest BCUT2D eigenvalue weighted by molar-refractivity contribution is -0.147. The number of carbonyl (C=O) groups is 2. The molecule has 0 saturated carbocycles. The topological polar surface area (TPSA) is 57.6 Å². The molecule has 1 aliphatic rings. The highest BCUT2D eigenvalue weighted by atomic mass is 16.4. The summed E-state index contributed by atoms with van der Waals surface area (Å²) in [5.74, 6) is -0.915. The van der Waals surface area contributed by atoms with Crippen LogP contribution in [0.4, 0.5) is 0 Å². The predicted octanol–water partition coefficient (Wildman–Crippen LogP) is 2.33. The summed E-state index contributed by atoms with van der Waals surface area (Å²) in [6, 6.07) is 9.97. The molecule has 2 rings (SSSR count). The molecule has 1 N–H and O–H groups in total. The van der Waals surface area contributed by atoms with E-state index >= 15 is 0 Å². The molecule has 4 nitrogen and oxygen atoms in total. The molecule has 20 heavy (non-hydrogen) atoms. The molecule has 1 fully saturated rings. The van der Waals surface area contributed by atoms with Gasteiger partial charge in [0, 0.05) is 19.0 Å². The smallest absolute Gasteiger partial charge is 0.306 e. The number of hydrogen-bond acceptors (Lipinski definition) is 2. The second-order valence-corrected chi connectivity index (χ2v) is 5.48. The van der Waals surface area contributed by atoms with Gasteiger partial charge in [-0.2, -0.15) is 0 Å². The lowest BCUT2D eigenvalue weighted by Crippen LogP contribution is -2.46. The molecule has 2 unspecified atom stereocenters. The van der Waals surface area contributed by atoms with Crippen molar-refractivity contribution < 1.29 is 14.7 Å². The first kappa shape index (κ1) is 14.6. The van der Waals surface area contributed by atoms with Crippen molar-refractivity contribution in [1.29, 1.82) is 0 Å². The van der Waals surface area contributed by atoms with Crippen LogP contribution < -0.4 is 0 Å². The molecule has 1 heterocycles. The number of rotatable bonds is 4. The van der Waals surface area contributed by atoms with E-state index in [-0.39, 0.29) is 17.9 Å². The van der Waals surface area contributed by atoms with Gasteiger partial charge >= 0.3 is 5.97 Å². The number of carboxylic acids is 1. The van der Waals surface area contributed by atoms with Gasteiger partial charge in [0.05, 0.1) is 5.92 Å². The van der Waals surface area contributed by atoms with E-state index in [1.165, 1.54) is 0 Å². The number of piperidine rings is 1. The predicted molar refractivity (Wildman–Crippen MR) is 76.3 cm³/mol. The number of aryl methyl sites for hydroxylation is 1. The normalized spacial score (nSPS) is 22.6. The minimum atomic E-state index is -0.742. The van der Waals surface area contributed by atoms with Crippen molar-refractivity contribution in [2.24, 2.45) is 5.92 Å². The van der Waals surface area contributed by atoms with Gasteiger partial charge in [-0.15, -0.1) is 0 Å². The summed E-state index contributed by atoms with van der Waals surface area (Å²) in [4.78, 5) is 25.1. The number of likely N-dealkylation sites (tertiary alicyclic amines) is 1. The number of hydrogen-bond donors (Lipinski definition) is 1. The Hall–Kier alpha value is -1.84. The Bertz CT molecular complexity index is 472. The lowest BCUT2D eigenvalue weighted by atomic mass is 9.91. The molecule has 0 spiro atoms. The fourth-order valence-corrected chi connectivity index (χ4v) is 2.81. The van der Waals surface area contributed by atoms with Crippen molar-refractivity contribution in [2.45, 2.75) is 38.6 Å². The van der Waals surface area contributed by atoms with E-state index in [1.54, 1.807) is 0 Å². The Kier molecular flexibility index (Phi) is 4.77. The summed E-state index contributed by atoms with van der Waals surface area (Å²) in [6.45, 7) is 2.50. The first-order valence-electron chi connectivity index (χ1n) is 7.14. The SMILES string of the molecule is CC1CC(C(=O)O)CCN1C(=O)CCc1ccccc1. The standard InChI is InChI=1S/C16H21NO3/c1-12-11-14(16(19)20)9-10-17(12)15(18)8-7-13-5-3-2-4-6-13/h2-6,12,14H,7-11H2,1H3,(H,19,20). The van der Waals surface area contributed by atoms with E-state index < -0.39 is 5.97 Å². The van der Waals surface area contributed by atoms with Crippen molar-refractivity contribution in [2.75, 3.05) is 6.54 Å². The fraction of sp³-hybridized carbons (Fsp3) is 0.500. The van der Waals surface area contributed by atoms with Gasteiger partial charge in [0.2, 0.25) is 5.91 Å². The third kappa shape index (κ3) is 3.59. The average Bonchev–Trinajstić information content (AvgIpc) is 2.45. The van der Waals surface area contributed by atoms with E-state index in [0.29, 0.717) is 25.8 Å². The van der Waals surface area contributed by atoms with E-state index in [9.17, 15) is 9.59 Å². The van der Waals surface area contributed by atoms with Crippen LogP contribution in [-0.2, 0) is 16.0 Å². The van der Waals surface area contributed by atoms with Gasteiger partial charge in [0.1, 0.15) is 0 Å². The van der Waals surface area contributed by atoms with E-state index in [4.69, 9.17) is 5.11 Å². The molecule has 0 aliphatic carbocycles. The molecule has 1 aromatic rings. The maximum Gasteiger partial charge on any atom is 0.306 e. The van der Waals surface area contributed by atoms with Gasteiger partial charge in [-0.25, -0.2) is 0 Å². The average molecular weight is 275 g/mol. The van der Waals surface area contributed by atoms with Crippen LogP contribution in [0, 0.1) is 5.92 Å². The molecule has 4 heteroatoms. The van der Waals surface area contributed by atoms with Crippen LogP contribution in [0.5, 0.6) is 0 Å². The number of amides is 1. The zero-order valence-corrected chi connectivity index (χ0v) is 11.8. The third-order valence-electron chi connectivity index (χ3n) is 4.02. The van der Waals surface area contributed by atoms with Crippen LogP contribution in [0.1, 0.15) is 31.7 Å². The van der Waals surface area contributed by atoms with Crippen molar-refractivity contribution in [3.63, 3.8) is 0 Å². The van der Waals surface area contributed by atoms with E-state index in [1.807, 2.05) is 42.2 Å². The summed E-state index contributed by atoms with van der Waals surface area (Å²) < 4.78 is 0. The van der Waals surface area contributed by atoms with Gasteiger partial charge in [0.15, 0.2) is 0 Å². The molecular weight excluding hydrogens is 254 g/mol. The molecule has 1 amide bonds. The number of aliphatic carboxylic acids is 1. The maximum atomic E-state index is 12.2. The molecule has 0 radical (unpaired) electrons. The zero-order valence-electron chi connectivity index (χ0n) is 11.8. The van der Waals surface area contributed by atoms with Crippen molar-refractivity contribution in [3.8, 4) is 0 Å². The number of nitrogens with zero attached hydrogens (tertiary/aromatic N) is 1. The quantitative estimate of drug-likeness (QED) is 0.917. The van der Waals surface area contributed by atoms with Crippen LogP contribution in [-0.4, -0.2) is 34.5 Å². The highest BCUT2D eigenvalue weighted by molar-refractivity contribution is 5.77. The van der Waals surface area contributed by atoms with Gasteiger partial charge in [-0.1, -0.05) is 30.3 Å². The Labute approximate surface area is 119 Å². The molecule has 108 valence electrons. The summed E-state index contributed by atoms with van der Waals surface area (Å²) in [5, 5.41) is 9.03. The zero-order chi connectivity index (χ0) is 14.5. The Morgan fingerprint density at radius 1 is 1.30 bits per heavy atom. The van der Waals surface area contributed by atoms with Crippen LogP contribution in [0.15, 0.2) is 30.3 Å². The van der Waals surface area contributed by atoms with Crippen LogP contribution >= 0.6 is 0 Å². The molecule has 0 aromatic heterocycles. The maximum absolute atomic E-state index is 12.2. The Morgan fingerprint density at radius 2 is 2.00 bits per heavy atom. The first-order valence-corrected chi connectivity index (χ1v) is 7.14.